The van der Waals surface area contributed by atoms with Crippen molar-refractivity contribution in [2.45, 2.75) is 25.9 Å². The number of halogens is 2. The van der Waals surface area contributed by atoms with Crippen molar-refractivity contribution < 1.29 is 19.8 Å². The fourth-order valence-electron chi connectivity index (χ4n) is 3.45. The molecular weight excluding hydrogens is 511 g/mol. The molecule has 0 saturated carbocycles. The normalized spacial score (nSPS) is 19.6. The lowest BCUT2D eigenvalue weighted by atomic mass is 10.2. The zero-order chi connectivity index (χ0) is 26.5. The number of hydrogen-bond acceptors (Lipinski definition) is 10. The van der Waals surface area contributed by atoms with E-state index in [9.17, 15) is 9.59 Å². The molecule has 2 aliphatic rings. The van der Waals surface area contributed by atoms with Crippen molar-refractivity contribution >= 4 is 46.8 Å². The highest BCUT2D eigenvalue weighted by Crippen LogP contribution is 2.17. The maximum Gasteiger partial charge on any atom is 0.328 e. The first-order valence-electron chi connectivity index (χ1n) is 11.2. The summed E-state index contributed by atoms with van der Waals surface area (Å²) in [5.74, 6) is -0.780. The summed E-state index contributed by atoms with van der Waals surface area (Å²) in [4.78, 5) is 40.1. The first kappa shape index (κ1) is 29.2. The average molecular weight is 541 g/mol. The van der Waals surface area contributed by atoms with E-state index in [1.807, 2.05) is 0 Å². The molecule has 2 aliphatic heterocycles. The molecule has 36 heavy (non-hydrogen) atoms. The molecule has 0 unspecified atom stereocenters. The van der Waals surface area contributed by atoms with Gasteiger partial charge in [-0.05, 0) is 13.8 Å². The topological polar surface area (TPSA) is 157 Å². The SMILES string of the molecule is C[C@@H]1CNCCN1c1cncc(Cl)n1.C[C@@H]1CNCCN1c1cncc(Cl)n1.O=C(O)/C=C\C(=O)O. The van der Waals surface area contributed by atoms with Crippen molar-refractivity contribution in [2.75, 3.05) is 49.1 Å². The average Bonchev–Trinajstić information content (AvgIpc) is 2.84. The van der Waals surface area contributed by atoms with Crippen molar-refractivity contribution in [3.8, 4) is 0 Å². The van der Waals surface area contributed by atoms with Crippen LogP contribution in [0.4, 0.5) is 11.6 Å². The quantitative estimate of drug-likeness (QED) is 0.415. The summed E-state index contributed by atoms with van der Waals surface area (Å²) in [6, 6.07) is 0.882. The van der Waals surface area contributed by atoms with Gasteiger partial charge >= 0.3 is 11.9 Å². The van der Waals surface area contributed by atoms with Crippen LogP contribution >= 0.6 is 23.2 Å². The van der Waals surface area contributed by atoms with E-state index in [1.165, 1.54) is 0 Å². The summed E-state index contributed by atoms with van der Waals surface area (Å²) in [5, 5.41) is 23.2. The molecule has 2 aromatic rings. The number of carbonyl (C=O) groups is 2. The number of aliphatic carboxylic acids is 2. The number of hydrogen-bond donors (Lipinski definition) is 4. The van der Waals surface area contributed by atoms with E-state index in [-0.39, 0.29) is 0 Å². The summed E-state index contributed by atoms with van der Waals surface area (Å²) in [7, 11) is 0. The molecule has 0 aromatic carbocycles. The van der Waals surface area contributed by atoms with Gasteiger partial charge in [-0.1, -0.05) is 23.2 Å². The molecule has 4 heterocycles. The van der Waals surface area contributed by atoms with Crippen LogP contribution in [0.1, 0.15) is 13.8 Å². The van der Waals surface area contributed by atoms with Gasteiger partial charge in [-0.3, -0.25) is 9.97 Å². The number of carboxylic acids is 2. The molecule has 0 spiro atoms. The fourth-order valence-corrected chi connectivity index (χ4v) is 3.73. The minimum Gasteiger partial charge on any atom is -0.478 e. The summed E-state index contributed by atoms with van der Waals surface area (Å²) < 4.78 is 0. The van der Waals surface area contributed by atoms with Gasteiger partial charge in [0.1, 0.15) is 21.9 Å². The summed E-state index contributed by atoms with van der Waals surface area (Å²) in [6.07, 6.45) is 7.74. The maximum atomic E-state index is 9.55. The fraction of sp³-hybridized carbons (Fsp3) is 0.455. The molecule has 12 nitrogen and oxygen atoms in total. The highest BCUT2D eigenvalue weighted by Gasteiger charge is 2.20. The second-order valence-electron chi connectivity index (χ2n) is 7.90. The minimum absolute atomic E-state index is 0.441. The molecule has 4 N–H and O–H groups in total. The Labute approximate surface area is 219 Å². The highest BCUT2D eigenvalue weighted by atomic mass is 35.5. The van der Waals surface area contributed by atoms with Gasteiger partial charge in [-0.2, -0.15) is 0 Å². The zero-order valence-electron chi connectivity index (χ0n) is 20.0. The Kier molecular flexibility index (Phi) is 12.3. The van der Waals surface area contributed by atoms with Crippen molar-refractivity contribution in [1.29, 1.82) is 0 Å². The number of nitrogens with zero attached hydrogens (tertiary/aromatic N) is 6. The first-order chi connectivity index (χ1) is 17.2. The predicted octanol–water partition coefficient (Wildman–Crippen LogP) is 1.57. The van der Waals surface area contributed by atoms with Crippen molar-refractivity contribution in [3.63, 3.8) is 0 Å². The molecule has 0 aliphatic carbocycles. The van der Waals surface area contributed by atoms with E-state index >= 15 is 0 Å². The molecule has 2 saturated heterocycles. The Hall–Kier alpha value is -3.06. The van der Waals surface area contributed by atoms with Crippen molar-refractivity contribution in [1.82, 2.24) is 30.6 Å². The van der Waals surface area contributed by atoms with Crippen LogP contribution in [0.5, 0.6) is 0 Å². The third-order valence-electron chi connectivity index (χ3n) is 5.14. The van der Waals surface area contributed by atoms with Gasteiger partial charge < -0.3 is 30.6 Å². The highest BCUT2D eigenvalue weighted by molar-refractivity contribution is 6.29. The summed E-state index contributed by atoms with van der Waals surface area (Å²) in [6.45, 7) is 10.2. The summed E-state index contributed by atoms with van der Waals surface area (Å²) >= 11 is 11.6. The third kappa shape index (κ3) is 10.3. The molecule has 2 aromatic heterocycles. The standard InChI is InChI=1S/2C9H13ClN4.C4H4O4/c2*1-7-4-11-2-3-14(7)9-6-12-5-8(10)13-9;5-3(6)1-2-4(7)8/h2*5-7,11H,2-4H2,1H3;1-2H,(H,5,6)(H,7,8)/b;;2-1-/t2*7-;/m11./s1. The summed E-state index contributed by atoms with van der Waals surface area (Å²) in [5.41, 5.74) is 0. The molecule has 2 atom stereocenters. The minimum atomic E-state index is -1.26. The lowest BCUT2D eigenvalue weighted by molar-refractivity contribution is -0.134. The Morgan fingerprint density at radius 3 is 1.53 bits per heavy atom. The second-order valence-corrected chi connectivity index (χ2v) is 8.68. The van der Waals surface area contributed by atoms with E-state index in [1.54, 1.807) is 24.8 Å². The van der Waals surface area contributed by atoms with Gasteiger partial charge in [0, 0.05) is 63.5 Å². The monoisotopic (exact) mass is 540 g/mol. The predicted molar refractivity (Wildman–Crippen MR) is 138 cm³/mol. The number of carboxylic acid groups (broad SMARTS) is 2. The molecule has 0 amide bonds. The van der Waals surface area contributed by atoms with Crippen LogP contribution in [0.15, 0.2) is 36.9 Å². The van der Waals surface area contributed by atoms with Crippen LogP contribution in [0.3, 0.4) is 0 Å². The van der Waals surface area contributed by atoms with E-state index in [0.29, 0.717) is 34.5 Å². The van der Waals surface area contributed by atoms with Gasteiger partial charge in [0.15, 0.2) is 0 Å². The molecule has 196 valence electrons. The largest absolute Gasteiger partial charge is 0.478 e. The van der Waals surface area contributed by atoms with Crippen LogP contribution in [0, 0.1) is 0 Å². The van der Waals surface area contributed by atoms with Gasteiger partial charge in [-0.15, -0.1) is 0 Å². The maximum absolute atomic E-state index is 9.55. The Morgan fingerprint density at radius 1 is 0.833 bits per heavy atom. The van der Waals surface area contributed by atoms with E-state index < -0.39 is 11.9 Å². The zero-order valence-corrected chi connectivity index (χ0v) is 21.5. The van der Waals surface area contributed by atoms with E-state index in [0.717, 1.165) is 50.9 Å². The Morgan fingerprint density at radius 2 is 1.22 bits per heavy atom. The number of aromatic nitrogens is 4. The van der Waals surface area contributed by atoms with Crippen molar-refractivity contribution in [3.05, 3.63) is 47.2 Å². The smallest absolute Gasteiger partial charge is 0.328 e. The molecule has 14 heteroatoms. The molecular formula is C22H30Cl2N8O4. The van der Waals surface area contributed by atoms with Gasteiger partial charge in [-0.25, -0.2) is 19.6 Å². The van der Waals surface area contributed by atoms with Crippen LogP contribution in [0.2, 0.25) is 10.3 Å². The molecule has 4 rings (SSSR count). The van der Waals surface area contributed by atoms with Gasteiger partial charge in [0.25, 0.3) is 0 Å². The third-order valence-corrected chi connectivity index (χ3v) is 5.51. The number of piperazine rings is 2. The number of nitrogens with one attached hydrogen (secondary N) is 2. The van der Waals surface area contributed by atoms with Gasteiger partial charge in [0.05, 0.1) is 24.8 Å². The van der Waals surface area contributed by atoms with Crippen LogP contribution in [-0.4, -0.2) is 93.4 Å². The van der Waals surface area contributed by atoms with Crippen molar-refractivity contribution in [2.24, 2.45) is 0 Å². The Balaban J connectivity index is 0.000000199. The second kappa shape index (κ2) is 15.1. The Bertz CT molecular complexity index is 950. The van der Waals surface area contributed by atoms with E-state index in [2.05, 4.69) is 54.2 Å². The molecule has 0 bridgehead atoms. The lowest BCUT2D eigenvalue weighted by Crippen LogP contribution is -2.50. The number of anilines is 2. The first-order valence-corrected chi connectivity index (χ1v) is 12.0. The van der Waals surface area contributed by atoms with Gasteiger partial charge in [0.2, 0.25) is 0 Å². The number of rotatable bonds is 4. The molecule has 2 fully saturated rings. The van der Waals surface area contributed by atoms with Crippen LogP contribution in [0.25, 0.3) is 0 Å². The van der Waals surface area contributed by atoms with E-state index in [4.69, 9.17) is 33.4 Å². The van der Waals surface area contributed by atoms with Crippen LogP contribution < -0.4 is 20.4 Å². The lowest BCUT2D eigenvalue weighted by Gasteiger charge is -2.34. The molecule has 0 radical (unpaired) electrons. The van der Waals surface area contributed by atoms with Crippen LogP contribution in [-0.2, 0) is 9.59 Å².